The number of aryl methyl sites for hydroxylation is 1. The van der Waals surface area contributed by atoms with Crippen molar-refractivity contribution in [3.05, 3.63) is 102 Å². The minimum absolute atomic E-state index is 0.114. The van der Waals surface area contributed by atoms with Crippen LogP contribution in [-0.2, 0) is 22.7 Å². The van der Waals surface area contributed by atoms with Gasteiger partial charge in [-0.25, -0.2) is 4.68 Å². The number of rotatable bonds is 8. The molecule has 1 N–H and O–H groups in total. The monoisotopic (exact) mass is 469 g/mol. The van der Waals surface area contributed by atoms with E-state index in [1.165, 1.54) is 15.8 Å². The second kappa shape index (κ2) is 9.68. The maximum absolute atomic E-state index is 13.8. The molecule has 0 aliphatic heterocycles. The number of fused-ring (bicyclic) bond motifs is 1. The molecule has 2 aromatic carbocycles. The number of para-hydroxylation sites is 2. The number of amides is 2. The normalized spacial score (nSPS) is 11.9. The second-order valence-corrected chi connectivity index (χ2v) is 7.98. The quantitative estimate of drug-likeness (QED) is 0.368. The zero-order valence-corrected chi connectivity index (χ0v) is 19.0. The number of carbonyl (C=O) groups is 2. The summed E-state index contributed by atoms with van der Waals surface area (Å²) >= 11 is 0. The number of hydrogen-bond donors (Lipinski definition) is 1. The van der Waals surface area contributed by atoms with Gasteiger partial charge in [0.2, 0.25) is 5.91 Å². The highest BCUT2D eigenvalue weighted by atomic mass is 16.3. The number of aromatic nitrogens is 3. The predicted octanol–water partition coefficient (Wildman–Crippen LogP) is 4.02. The Morgan fingerprint density at radius 2 is 1.80 bits per heavy atom. The van der Waals surface area contributed by atoms with E-state index in [1.807, 2.05) is 42.5 Å². The lowest BCUT2D eigenvalue weighted by atomic mass is 10.1. The standard InChI is InChI=1S/C26H23N5O4/c1-18-13-14-23(35-18)25(26(33)27-16-20-10-7-15-34-20)31(19-8-3-2-4-9-19)24(32)17-30-22-12-6-5-11-21(22)28-29-30/h2-15,25H,16-17H2,1H3,(H,27,33)/t25-/m1/s1. The minimum atomic E-state index is -1.05. The van der Waals surface area contributed by atoms with Crippen molar-refractivity contribution in [2.24, 2.45) is 0 Å². The zero-order chi connectivity index (χ0) is 24.2. The van der Waals surface area contributed by atoms with Crippen LogP contribution >= 0.6 is 0 Å². The maximum atomic E-state index is 13.8. The molecule has 0 radical (unpaired) electrons. The fraction of sp³-hybridized carbons (Fsp3) is 0.154. The molecule has 1 atom stereocenters. The van der Waals surface area contributed by atoms with Crippen LogP contribution in [0, 0.1) is 6.92 Å². The third-order valence-electron chi connectivity index (χ3n) is 5.56. The summed E-state index contributed by atoms with van der Waals surface area (Å²) in [5.74, 6) is 0.821. The number of nitrogens with one attached hydrogen (secondary N) is 1. The Morgan fingerprint density at radius 3 is 2.54 bits per heavy atom. The molecule has 0 saturated heterocycles. The van der Waals surface area contributed by atoms with E-state index in [9.17, 15) is 9.59 Å². The van der Waals surface area contributed by atoms with E-state index in [0.29, 0.717) is 28.5 Å². The van der Waals surface area contributed by atoms with Gasteiger partial charge in [0.25, 0.3) is 5.91 Å². The minimum Gasteiger partial charge on any atom is -0.467 e. The Bertz CT molecular complexity index is 1440. The molecule has 0 spiro atoms. The highest BCUT2D eigenvalue weighted by Gasteiger charge is 2.35. The summed E-state index contributed by atoms with van der Waals surface area (Å²) in [4.78, 5) is 28.8. The van der Waals surface area contributed by atoms with Crippen molar-refractivity contribution in [1.29, 1.82) is 0 Å². The van der Waals surface area contributed by atoms with Gasteiger partial charge in [-0.2, -0.15) is 0 Å². The van der Waals surface area contributed by atoms with E-state index in [2.05, 4.69) is 15.6 Å². The van der Waals surface area contributed by atoms with E-state index in [0.717, 1.165) is 5.52 Å². The summed E-state index contributed by atoms with van der Waals surface area (Å²) in [7, 11) is 0. The van der Waals surface area contributed by atoms with Crippen molar-refractivity contribution in [1.82, 2.24) is 20.3 Å². The number of furan rings is 2. The zero-order valence-electron chi connectivity index (χ0n) is 19.0. The van der Waals surface area contributed by atoms with Gasteiger partial charge < -0.3 is 14.2 Å². The lowest BCUT2D eigenvalue weighted by Gasteiger charge is -2.30. The fourth-order valence-corrected chi connectivity index (χ4v) is 3.92. The summed E-state index contributed by atoms with van der Waals surface area (Å²) < 4.78 is 12.7. The van der Waals surface area contributed by atoms with Crippen molar-refractivity contribution in [2.75, 3.05) is 4.90 Å². The first-order valence-electron chi connectivity index (χ1n) is 11.1. The van der Waals surface area contributed by atoms with Gasteiger partial charge in [-0.05, 0) is 55.5 Å². The largest absolute Gasteiger partial charge is 0.467 e. The predicted molar refractivity (Wildman–Crippen MR) is 128 cm³/mol. The van der Waals surface area contributed by atoms with Gasteiger partial charge in [0.15, 0.2) is 6.04 Å². The van der Waals surface area contributed by atoms with Crippen LogP contribution in [0.2, 0.25) is 0 Å². The van der Waals surface area contributed by atoms with Crippen molar-refractivity contribution in [3.8, 4) is 0 Å². The second-order valence-electron chi connectivity index (χ2n) is 7.98. The average Bonchev–Trinajstić information content (AvgIpc) is 3.63. The number of anilines is 1. The summed E-state index contributed by atoms with van der Waals surface area (Å²) in [6, 6.07) is 22.4. The van der Waals surface area contributed by atoms with Gasteiger partial charge in [0, 0.05) is 5.69 Å². The van der Waals surface area contributed by atoms with E-state index in [1.54, 1.807) is 43.3 Å². The van der Waals surface area contributed by atoms with E-state index >= 15 is 0 Å². The molecule has 35 heavy (non-hydrogen) atoms. The van der Waals surface area contributed by atoms with Gasteiger partial charge >= 0.3 is 0 Å². The molecule has 9 nitrogen and oxygen atoms in total. The smallest absolute Gasteiger partial charge is 0.251 e. The first kappa shape index (κ1) is 22.1. The van der Waals surface area contributed by atoms with Crippen molar-refractivity contribution < 1.29 is 18.4 Å². The Kier molecular flexibility index (Phi) is 6.13. The lowest BCUT2D eigenvalue weighted by molar-refractivity contribution is -0.127. The molecule has 0 aliphatic carbocycles. The van der Waals surface area contributed by atoms with E-state index in [4.69, 9.17) is 8.83 Å². The van der Waals surface area contributed by atoms with Crippen LogP contribution in [0.25, 0.3) is 11.0 Å². The molecule has 176 valence electrons. The van der Waals surface area contributed by atoms with Crippen LogP contribution in [0.4, 0.5) is 5.69 Å². The fourth-order valence-electron chi connectivity index (χ4n) is 3.92. The highest BCUT2D eigenvalue weighted by molar-refractivity contribution is 6.01. The molecule has 2 amide bonds. The summed E-state index contributed by atoms with van der Waals surface area (Å²) in [6.45, 7) is 1.85. The molecule has 3 aromatic heterocycles. The first-order chi connectivity index (χ1) is 17.1. The van der Waals surface area contributed by atoms with Crippen LogP contribution in [0.1, 0.15) is 23.3 Å². The maximum Gasteiger partial charge on any atom is 0.251 e. The van der Waals surface area contributed by atoms with Crippen LogP contribution in [0.3, 0.4) is 0 Å². The Balaban J connectivity index is 1.52. The van der Waals surface area contributed by atoms with Gasteiger partial charge in [0.1, 0.15) is 29.3 Å². The molecule has 0 fully saturated rings. The Morgan fingerprint density at radius 1 is 1.00 bits per heavy atom. The average molecular weight is 470 g/mol. The third kappa shape index (κ3) is 4.70. The molecule has 0 bridgehead atoms. The number of carbonyl (C=O) groups excluding carboxylic acids is 2. The van der Waals surface area contributed by atoms with E-state index < -0.39 is 11.9 Å². The van der Waals surface area contributed by atoms with Crippen LogP contribution in [-0.4, -0.2) is 26.8 Å². The lowest BCUT2D eigenvalue weighted by Crippen LogP contribution is -2.45. The van der Waals surface area contributed by atoms with Crippen molar-refractivity contribution in [3.63, 3.8) is 0 Å². The Hall–Kier alpha value is -4.66. The van der Waals surface area contributed by atoms with E-state index in [-0.39, 0.29) is 19.0 Å². The number of nitrogens with zero attached hydrogens (tertiary/aromatic N) is 4. The first-order valence-corrected chi connectivity index (χ1v) is 11.1. The molecular formula is C26H23N5O4. The van der Waals surface area contributed by atoms with Crippen molar-refractivity contribution in [2.45, 2.75) is 26.1 Å². The number of hydrogen-bond acceptors (Lipinski definition) is 6. The molecule has 0 unspecified atom stereocenters. The molecule has 5 rings (SSSR count). The van der Waals surface area contributed by atoms with Gasteiger partial charge in [-0.3, -0.25) is 14.5 Å². The van der Waals surface area contributed by atoms with Crippen LogP contribution < -0.4 is 10.2 Å². The highest BCUT2D eigenvalue weighted by Crippen LogP contribution is 2.30. The molecular weight excluding hydrogens is 446 g/mol. The molecule has 0 aliphatic rings. The SMILES string of the molecule is Cc1ccc([C@H](C(=O)NCc2ccco2)N(C(=O)Cn2nnc3ccccc32)c2ccccc2)o1. The molecule has 3 heterocycles. The topological polar surface area (TPSA) is 106 Å². The number of benzene rings is 2. The van der Waals surface area contributed by atoms with Gasteiger partial charge in [-0.15, -0.1) is 5.10 Å². The molecule has 9 heteroatoms. The van der Waals surface area contributed by atoms with Crippen LogP contribution in [0.15, 0.2) is 94.0 Å². The van der Waals surface area contributed by atoms with Crippen LogP contribution in [0.5, 0.6) is 0 Å². The summed E-state index contributed by atoms with van der Waals surface area (Å²) in [6.07, 6.45) is 1.54. The summed E-state index contributed by atoms with van der Waals surface area (Å²) in [5.41, 5.74) is 1.96. The van der Waals surface area contributed by atoms with Gasteiger partial charge in [-0.1, -0.05) is 35.5 Å². The van der Waals surface area contributed by atoms with Gasteiger partial charge in [0.05, 0.1) is 18.3 Å². The summed E-state index contributed by atoms with van der Waals surface area (Å²) in [5, 5.41) is 11.1. The Labute approximate surface area is 200 Å². The molecule has 0 saturated carbocycles. The third-order valence-corrected chi connectivity index (χ3v) is 5.56. The van der Waals surface area contributed by atoms with Crippen molar-refractivity contribution >= 4 is 28.5 Å². The molecule has 5 aromatic rings.